The van der Waals surface area contributed by atoms with Gasteiger partial charge in [-0.1, -0.05) is 0 Å². The highest BCUT2D eigenvalue weighted by Crippen LogP contribution is 2.32. The zero-order valence-corrected chi connectivity index (χ0v) is 6.09. The van der Waals surface area contributed by atoms with Gasteiger partial charge >= 0.3 is 11.9 Å². The van der Waals surface area contributed by atoms with Crippen LogP contribution >= 0.6 is 0 Å². The largest absolute Gasteiger partial charge is 0.477 e. The molecule has 1 fully saturated rings. The second kappa shape index (κ2) is 2.74. The molecule has 1 N–H and O–H groups in total. The third-order valence-electron chi connectivity index (χ3n) is 1.46. The lowest BCUT2D eigenvalue weighted by atomic mass is 10.2. The van der Waals surface area contributed by atoms with Crippen LogP contribution in [0, 0.1) is 0 Å². The lowest BCUT2D eigenvalue weighted by Crippen LogP contribution is -2.13. The minimum Gasteiger partial charge on any atom is -0.477 e. The summed E-state index contributed by atoms with van der Waals surface area (Å²) in [5.41, 5.74) is 0.497. The van der Waals surface area contributed by atoms with Crippen LogP contribution in [-0.2, 0) is 14.3 Å². The number of methoxy groups -OCH3 is 1. The molecule has 11 heavy (non-hydrogen) atoms. The van der Waals surface area contributed by atoms with Gasteiger partial charge in [-0.05, 0) is 18.4 Å². The summed E-state index contributed by atoms with van der Waals surface area (Å²) in [6.07, 6.45) is 1.41. The molecule has 60 valence electrons. The van der Waals surface area contributed by atoms with Crippen LogP contribution in [0.25, 0.3) is 0 Å². The van der Waals surface area contributed by atoms with Gasteiger partial charge in [-0.3, -0.25) is 0 Å². The molecular formula is C7H8O4. The molecule has 0 aromatic heterocycles. The molecule has 1 aliphatic rings. The number of hydrogen-bond acceptors (Lipinski definition) is 3. The van der Waals surface area contributed by atoms with Gasteiger partial charge in [-0.15, -0.1) is 0 Å². The van der Waals surface area contributed by atoms with Crippen molar-refractivity contribution < 1.29 is 19.4 Å². The van der Waals surface area contributed by atoms with Gasteiger partial charge in [0.15, 0.2) is 0 Å². The van der Waals surface area contributed by atoms with Gasteiger partial charge in [0, 0.05) is 0 Å². The van der Waals surface area contributed by atoms with Crippen LogP contribution in [0.2, 0.25) is 0 Å². The molecule has 4 nitrogen and oxygen atoms in total. The molecular weight excluding hydrogens is 148 g/mol. The highest BCUT2D eigenvalue weighted by atomic mass is 16.5. The van der Waals surface area contributed by atoms with Crippen molar-refractivity contribution in [2.24, 2.45) is 0 Å². The molecule has 0 unspecified atom stereocenters. The van der Waals surface area contributed by atoms with Crippen molar-refractivity contribution >= 4 is 11.9 Å². The minimum atomic E-state index is -1.19. The first-order chi connectivity index (χ1) is 5.16. The molecule has 0 amide bonds. The summed E-state index contributed by atoms with van der Waals surface area (Å²) in [6.45, 7) is 0. The number of carboxylic acids is 1. The Labute approximate surface area is 63.5 Å². The molecule has 0 radical (unpaired) electrons. The van der Waals surface area contributed by atoms with E-state index >= 15 is 0 Å². The molecule has 0 spiro atoms. The van der Waals surface area contributed by atoms with E-state index in [0.29, 0.717) is 18.4 Å². The van der Waals surface area contributed by atoms with Gasteiger partial charge in [0.25, 0.3) is 0 Å². The van der Waals surface area contributed by atoms with Gasteiger partial charge < -0.3 is 9.84 Å². The Balaban J connectivity index is 2.85. The van der Waals surface area contributed by atoms with Crippen molar-refractivity contribution in [1.82, 2.24) is 0 Å². The van der Waals surface area contributed by atoms with Crippen LogP contribution in [0.4, 0.5) is 0 Å². The molecule has 1 rings (SSSR count). The smallest absolute Gasteiger partial charge is 0.345 e. The van der Waals surface area contributed by atoms with Crippen molar-refractivity contribution in [2.75, 3.05) is 7.11 Å². The number of ether oxygens (including phenoxy) is 1. The highest BCUT2D eigenvalue weighted by molar-refractivity contribution is 6.14. The fourth-order valence-corrected chi connectivity index (χ4v) is 0.797. The van der Waals surface area contributed by atoms with Gasteiger partial charge in [0.05, 0.1) is 7.11 Å². The number of carbonyl (C=O) groups is 2. The Bertz CT molecular complexity index is 233. The average molecular weight is 156 g/mol. The maximum absolute atomic E-state index is 10.8. The van der Waals surface area contributed by atoms with E-state index in [2.05, 4.69) is 4.74 Å². The second-order valence-corrected chi connectivity index (χ2v) is 2.28. The summed E-state index contributed by atoms with van der Waals surface area (Å²) in [5.74, 6) is -1.94. The molecule has 0 atom stereocenters. The fourth-order valence-electron chi connectivity index (χ4n) is 0.797. The molecule has 0 aromatic carbocycles. The third kappa shape index (κ3) is 1.58. The number of allylic oxidation sites excluding steroid dienone is 1. The van der Waals surface area contributed by atoms with Crippen molar-refractivity contribution in [3.63, 3.8) is 0 Å². The molecule has 4 heteroatoms. The Kier molecular flexibility index (Phi) is 1.94. The van der Waals surface area contributed by atoms with Gasteiger partial charge in [-0.2, -0.15) is 0 Å². The van der Waals surface area contributed by atoms with E-state index in [-0.39, 0.29) is 5.57 Å². The first-order valence-corrected chi connectivity index (χ1v) is 3.20. The van der Waals surface area contributed by atoms with E-state index in [0.717, 1.165) is 0 Å². The maximum atomic E-state index is 10.8. The number of hydrogen-bond donors (Lipinski definition) is 1. The number of esters is 1. The SMILES string of the molecule is COC(=O)C(C(=O)O)=C1CC1. The van der Waals surface area contributed by atoms with E-state index in [9.17, 15) is 9.59 Å². The average Bonchev–Trinajstić information content (AvgIpc) is 2.71. The summed E-state index contributed by atoms with van der Waals surface area (Å²) in [5, 5.41) is 8.53. The monoisotopic (exact) mass is 156 g/mol. The van der Waals surface area contributed by atoms with Crippen molar-refractivity contribution in [3.05, 3.63) is 11.1 Å². The van der Waals surface area contributed by atoms with Gasteiger partial charge in [0.2, 0.25) is 0 Å². The molecule has 0 aliphatic heterocycles. The fraction of sp³-hybridized carbons (Fsp3) is 0.429. The van der Waals surface area contributed by atoms with Crippen LogP contribution in [-0.4, -0.2) is 24.2 Å². The van der Waals surface area contributed by atoms with Crippen LogP contribution in [0.15, 0.2) is 11.1 Å². The Hall–Kier alpha value is -1.32. The Morgan fingerprint density at radius 1 is 1.45 bits per heavy atom. The molecule has 0 heterocycles. The zero-order valence-electron chi connectivity index (χ0n) is 6.09. The van der Waals surface area contributed by atoms with Crippen LogP contribution < -0.4 is 0 Å². The maximum Gasteiger partial charge on any atom is 0.345 e. The highest BCUT2D eigenvalue weighted by Gasteiger charge is 2.28. The van der Waals surface area contributed by atoms with E-state index < -0.39 is 11.9 Å². The summed E-state index contributed by atoms with van der Waals surface area (Å²) in [6, 6.07) is 0. The summed E-state index contributed by atoms with van der Waals surface area (Å²) in [7, 11) is 1.17. The minimum absolute atomic E-state index is 0.187. The van der Waals surface area contributed by atoms with Crippen LogP contribution in [0.3, 0.4) is 0 Å². The number of aliphatic carboxylic acids is 1. The molecule has 0 saturated heterocycles. The first-order valence-electron chi connectivity index (χ1n) is 3.20. The van der Waals surface area contributed by atoms with E-state index in [1.54, 1.807) is 0 Å². The standard InChI is InChI=1S/C7H8O4/c1-11-7(10)5(6(8)9)4-2-3-4/h2-3H2,1H3,(H,8,9). The van der Waals surface area contributed by atoms with Crippen LogP contribution in [0.1, 0.15) is 12.8 Å². The number of rotatable bonds is 2. The predicted molar refractivity (Wildman–Crippen MR) is 35.9 cm³/mol. The van der Waals surface area contributed by atoms with Gasteiger partial charge in [0.1, 0.15) is 5.57 Å². The number of carboxylic acid groups (broad SMARTS) is 1. The Morgan fingerprint density at radius 3 is 2.27 bits per heavy atom. The lowest BCUT2D eigenvalue weighted by Gasteiger charge is -1.97. The second-order valence-electron chi connectivity index (χ2n) is 2.28. The quantitative estimate of drug-likeness (QED) is 0.271. The summed E-state index contributed by atoms with van der Waals surface area (Å²) >= 11 is 0. The van der Waals surface area contributed by atoms with E-state index in [1.165, 1.54) is 7.11 Å². The Morgan fingerprint density at radius 2 is 2.00 bits per heavy atom. The predicted octanol–water partition coefficient (Wildman–Crippen LogP) is 0.334. The summed E-state index contributed by atoms with van der Waals surface area (Å²) < 4.78 is 4.30. The molecule has 1 aliphatic carbocycles. The topological polar surface area (TPSA) is 63.6 Å². The number of carbonyl (C=O) groups excluding carboxylic acids is 1. The molecule has 0 aromatic rings. The van der Waals surface area contributed by atoms with Crippen molar-refractivity contribution in [2.45, 2.75) is 12.8 Å². The van der Waals surface area contributed by atoms with Crippen LogP contribution in [0.5, 0.6) is 0 Å². The molecule has 0 bridgehead atoms. The first kappa shape index (κ1) is 7.78. The summed E-state index contributed by atoms with van der Waals surface area (Å²) in [4.78, 5) is 21.2. The van der Waals surface area contributed by atoms with Crippen molar-refractivity contribution in [3.8, 4) is 0 Å². The third-order valence-corrected chi connectivity index (χ3v) is 1.46. The normalized spacial score (nSPS) is 14.1. The van der Waals surface area contributed by atoms with Gasteiger partial charge in [-0.25, -0.2) is 9.59 Å². The van der Waals surface area contributed by atoms with Crippen molar-refractivity contribution in [1.29, 1.82) is 0 Å². The lowest BCUT2D eigenvalue weighted by molar-refractivity contribution is -0.142. The zero-order chi connectivity index (χ0) is 8.43. The van der Waals surface area contributed by atoms with E-state index in [1.807, 2.05) is 0 Å². The molecule has 1 saturated carbocycles. The van der Waals surface area contributed by atoms with E-state index in [4.69, 9.17) is 5.11 Å².